The minimum Gasteiger partial charge on any atom is -0.465 e. The molecule has 0 amide bonds. The Bertz CT molecular complexity index is 295. The Kier molecular flexibility index (Phi) is 7.06. The fraction of sp³-hybridized carbons (Fsp3) is 0.867. The second-order valence-corrected chi connectivity index (χ2v) is 5.17. The van der Waals surface area contributed by atoms with Crippen molar-refractivity contribution >= 4 is 11.8 Å². The highest BCUT2D eigenvalue weighted by atomic mass is 16.5. The molecule has 2 unspecified atom stereocenters. The van der Waals surface area contributed by atoms with Crippen LogP contribution in [-0.4, -0.2) is 31.6 Å². The molecule has 1 saturated carbocycles. The van der Waals surface area contributed by atoms with Gasteiger partial charge in [0.1, 0.15) is 12.0 Å². The lowest BCUT2D eigenvalue weighted by atomic mass is 9.81. The van der Waals surface area contributed by atoms with Crippen LogP contribution in [0.5, 0.6) is 0 Å². The van der Waals surface area contributed by atoms with Crippen LogP contribution in [0.2, 0.25) is 0 Å². The van der Waals surface area contributed by atoms with Gasteiger partial charge in [-0.1, -0.05) is 26.2 Å². The number of hydrogen-bond donors (Lipinski definition) is 0. The van der Waals surface area contributed by atoms with Crippen molar-refractivity contribution in [2.24, 2.45) is 11.8 Å². The molecule has 0 saturated heterocycles. The molecule has 0 N–H and O–H groups in total. The topological polar surface area (TPSA) is 52.6 Å². The molecule has 0 spiro atoms. The molecule has 2 atom stereocenters. The zero-order valence-electron chi connectivity index (χ0n) is 12.3. The van der Waals surface area contributed by atoms with Gasteiger partial charge < -0.3 is 9.47 Å². The molecule has 0 aromatic heterocycles. The number of ketones is 1. The Morgan fingerprint density at radius 1 is 1.16 bits per heavy atom. The molecule has 0 aliphatic heterocycles. The Balaban J connectivity index is 2.71. The van der Waals surface area contributed by atoms with Crippen molar-refractivity contribution in [1.29, 1.82) is 0 Å². The lowest BCUT2D eigenvalue weighted by Crippen LogP contribution is -2.40. The minimum absolute atomic E-state index is 0.102. The molecule has 0 bridgehead atoms. The van der Waals surface area contributed by atoms with E-state index in [-0.39, 0.29) is 11.7 Å². The van der Waals surface area contributed by atoms with Crippen molar-refractivity contribution in [2.45, 2.75) is 58.5 Å². The summed E-state index contributed by atoms with van der Waals surface area (Å²) in [6.07, 6.45) is 5.59. The lowest BCUT2D eigenvalue weighted by molar-refractivity contribution is -0.156. The van der Waals surface area contributed by atoms with E-state index < -0.39 is 18.0 Å². The summed E-state index contributed by atoms with van der Waals surface area (Å²) in [6, 6.07) is 0. The predicted molar refractivity (Wildman–Crippen MR) is 72.8 cm³/mol. The van der Waals surface area contributed by atoms with Gasteiger partial charge in [-0.15, -0.1) is 0 Å². The van der Waals surface area contributed by atoms with Crippen molar-refractivity contribution in [3.63, 3.8) is 0 Å². The van der Waals surface area contributed by atoms with E-state index in [1.165, 1.54) is 6.42 Å². The summed E-state index contributed by atoms with van der Waals surface area (Å²) in [5, 5.41) is 0. The standard InChI is InChI=1S/C15H26O4/c1-4-12(15(17)19-5-2)13(16)14(18-3)11-9-7-6-8-10-11/h11-12,14H,4-10H2,1-3H3. The normalized spacial score (nSPS) is 19.7. The van der Waals surface area contributed by atoms with E-state index in [0.717, 1.165) is 25.7 Å². The highest BCUT2D eigenvalue weighted by Gasteiger charge is 2.36. The maximum atomic E-state index is 12.5. The van der Waals surface area contributed by atoms with Crippen LogP contribution in [0.3, 0.4) is 0 Å². The number of esters is 1. The van der Waals surface area contributed by atoms with E-state index in [1.807, 2.05) is 6.92 Å². The summed E-state index contributed by atoms with van der Waals surface area (Å²) in [6.45, 7) is 3.90. The first-order chi connectivity index (χ1) is 9.15. The molecule has 1 aliphatic carbocycles. The van der Waals surface area contributed by atoms with Gasteiger partial charge in [0.15, 0.2) is 5.78 Å². The number of Topliss-reactive ketones (excluding diaryl/α,β-unsaturated/α-hetero) is 1. The van der Waals surface area contributed by atoms with Gasteiger partial charge in [0.25, 0.3) is 0 Å². The Morgan fingerprint density at radius 2 is 1.79 bits per heavy atom. The summed E-state index contributed by atoms with van der Waals surface area (Å²) in [4.78, 5) is 24.3. The second-order valence-electron chi connectivity index (χ2n) is 5.17. The number of rotatable bonds is 7. The van der Waals surface area contributed by atoms with Gasteiger partial charge in [0, 0.05) is 7.11 Å². The molecule has 1 rings (SSSR count). The van der Waals surface area contributed by atoms with E-state index in [1.54, 1.807) is 14.0 Å². The van der Waals surface area contributed by atoms with Crippen LogP contribution >= 0.6 is 0 Å². The number of carbonyl (C=O) groups is 2. The first kappa shape index (κ1) is 16.2. The molecule has 0 aromatic rings. The molecular formula is C15H26O4. The molecule has 19 heavy (non-hydrogen) atoms. The number of methoxy groups -OCH3 is 1. The Morgan fingerprint density at radius 3 is 2.26 bits per heavy atom. The van der Waals surface area contributed by atoms with E-state index >= 15 is 0 Å². The molecule has 0 aromatic carbocycles. The highest BCUT2D eigenvalue weighted by molar-refractivity contribution is 6.01. The first-order valence-electron chi connectivity index (χ1n) is 7.38. The van der Waals surface area contributed by atoms with Gasteiger partial charge in [0.2, 0.25) is 0 Å². The molecule has 0 heterocycles. The van der Waals surface area contributed by atoms with Crippen LogP contribution in [0, 0.1) is 11.8 Å². The first-order valence-corrected chi connectivity index (χ1v) is 7.38. The van der Waals surface area contributed by atoms with E-state index in [4.69, 9.17) is 9.47 Å². The number of hydrogen-bond acceptors (Lipinski definition) is 4. The van der Waals surface area contributed by atoms with E-state index in [2.05, 4.69) is 0 Å². The zero-order chi connectivity index (χ0) is 14.3. The summed E-state index contributed by atoms with van der Waals surface area (Å²) in [7, 11) is 1.56. The molecule has 4 nitrogen and oxygen atoms in total. The van der Waals surface area contributed by atoms with Gasteiger partial charge in [-0.2, -0.15) is 0 Å². The molecule has 110 valence electrons. The minimum atomic E-state index is -0.674. The van der Waals surface area contributed by atoms with Crippen molar-refractivity contribution < 1.29 is 19.1 Å². The van der Waals surface area contributed by atoms with Crippen LogP contribution in [-0.2, 0) is 19.1 Å². The number of carbonyl (C=O) groups excluding carboxylic acids is 2. The SMILES string of the molecule is CCOC(=O)C(CC)C(=O)C(OC)C1CCCCC1. The van der Waals surface area contributed by atoms with Gasteiger partial charge in [-0.25, -0.2) is 0 Å². The quantitative estimate of drug-likeness (QED) is 0.527. The van der Waals surface area contributed by atoms with Crippen molar-refractivity contribution in [3.05, 3.63) is 0 Å². The van der Waals surface area contributed by atoms with Crippen LogP contribution in [0.25, 0.3) is 0 Å². The van der Waals surface area contributed by atoms with Gasteiger partial charge in [-0.3, -0.25) is 9.59 Å². The lowest BCUT2D eigenvalue weighted by Gasteiger charge is -2.29. The van der Waals surface area contributed by atoms with Gasteiger partial charge in [0.05, 0.1) is 6.61 Å². The van der Waals surface area contributed by atoms with E-state index in [9.17, 15) is 9.59 Å². The van der Waals surface area contributed by atoms with Crippen LogP contribution in [0.4, 0.5) is 0 Å². The van der Waals surface area contributed by atoms with E-state index in [0.29, 0.717) is 13.0 Å². The molecular weight excluding hydrogens is 244 g/mol. The van der Waals surface area contributed by atoms with Crippen LogP contribution < -0.4 is 0 Å². The Hall–Kier alpha value is -0.900. The smallest absolute Gasteiger partial charge is 0.316 e. The third-order valence-electron chi connectivity index (χ3n) is 3.94. The summed E-state index contributed by atoms with van der Waals surface area (Å²) in [5.74, 6) is -0.926. The van der Waals surface area contributed by atoms with Crippen molar-refractivity contribution in [3.8, 4) is 0 Å². The highest BCUT2D eigenvalue weighted by Crippen LogP contribution is 2.30. The monoisotopic (exact) mass is 270 g/mol. The van der Waals surface area contributed by atoms with Crippen LogP contribution in [0.1, 0.15) is 52.4 Å². The molecule has 4 heteroatoms. The average molecular weight is 270 g/mol. The fourth-order valence-corrected chi connectivity index (χ4v) is 2.90. The van der Waals surface area contributed by atoms with Crippen molar-refractivity contribution in [1.82, 2.24) is 0 Å². The molecule has 1 aliphatic rings. The average Bonchev–Trinajstić information content (AvgIpc) is 2.42. The maximum absolute atomic E-state index is 12.5. The molecule has 0 radical (unpaired) electrons. The molecule has 1 fully saturated rings. The third kappa shape index (κ3) is 4.30. The second kappa shape index (κ2) is 8.31. The third-order valence-corrected chi connectivity index (χ3v) is 3.94. The summed E-state index contributed by atoms with van der Waals surface area (Å²) in [5.41, 5.74) is 0. The Labute approximate surface area is 115 Å². The zero-order valence-corrected chi connectivity index (χ0v) is 12.3. The summed E-state index contributed by atoms with van der Waals surface area (Å²) < 4.78 is 10.4. The fourth-order valence-electron chi connectivity index (χ4n) is 2.90. The summed E-state index contributed by atoms with van der Waals surface area (Å²) >= 11 is 0. The van der Waals surface area contributed by atoms with Crippen LogP contribution in [0.15, 0.2) is 0 Å². The predicted octanol–water partition coefficient (Wildman–Crippen LogP) is 2.74. The van der Waals surface area contributed by atoms with Gasteiger partial charge in [-0.05, 0) is 32.1 Å². The van der Waals surface area contributed by atoms with Gasteiger partial charge >= 0.3 is 5.97 Å². The van der Waals surface area contributed by atoms with Crippen molar-refractivity contribution in [2.75, 3.05) is 13.7 Å². The number of ether oxygens (including phenoxy) is 2. The maximum Gasteiger partial charge on any atom is 0.316 e. The largest absolute Gasteiger partial charge is 0.465 e.